The number of hydrogen-bond acceptors (Lipinski definition) is 14. The van der Waals surface area contributed by atoms with Crippen molar-refractivity contribution in [2.24, 2.45) is 11.8 Å². The van der Waals surface area contributed by atoms with Crippen molar-refractivity contribution in [3.05, 3.63) is 96.1 Å². The van der Waals surface area contributed by atoms with Crippen molar-refractivity contribution in [3.8, 4) is 11.5 Å². The standard InChI is InChI=1S/C44H56O14/c1-8-35(53-29(4)45)27(2)39-28(3)36(54-30(5)46)23-44(57-39,43(48)50-7)58-40-38(47)37(26-51-24-31-15-11-9-12-16-31)56-42(55-34-21-19-33(49-6)20-22-34)41(40)52-25-32-17-13-10-14-18-32/h9-22,27-28,35-42,47H,8,23-26H2,1-7H3/t27-,28-,35-,36?,37?,38+,39+,40+,41?,42-,44+/m1/s1. The molecule has 0 radical (unpaired) electrons. The summed E-state index contributed by atoms with van der Waals surface area (Å²) in [7, 11) is 2.74. The molecule has 14 heteroatoms. The molecule has 0 aliphatic carbocycles. The molecule has 11 atom stereocenters. The topological polar surface area (TPSA) is 164 Å². The Kier molecular flexibility index (Phi) is 16.1. The predicted molar refractivity (Wildman–Crippen MR) is 208 cm³/mol. The van der Waals surface area contributed by atoms with Crippen LogP contribution in [0.2, 0.25) is 0 Å². The summed E-state index contributed by atoms with van der Waals surface area (Å²) in [5.74, 6) is -4.32. The molecule has 316 valence electrons. The van der Waals surface area contributed by atoms with E-state index in [9.17, 15) is 19.5 Å². The normalized spacial score (nSPS) is 28.1. The van der Waals surface area contributed by atoms with E-state index in [0.29, 0.717) is 17.9 Å². The maximum Gasteiger partial charge on any atom is 0.366 e. The van der Waals surface area contributed by atoms with E-state index in [0.717, 1.165) is 11.1 Å². The van der Waals surface area contributed by atoms with Crippen molar-refractivity contribution in [2.75, 3.05) is 20.8 Å². The van der Waals surface area contributed by atoms with Crippen LogP contribution in [-0.2, 0) is 65.5 Å². The molecule has 2 heterocycles. The summed E-state index contributed by atoms with van der Waals surface area (Å²) in [6.07, 6.45) is -8.71. The number of methoxy groups -OCH3 is 2. The predicted octanol–water partition coefficient (Wildman–Crippen LogP) is 5.55. The van der Waals surface area contributed by atoms with Gasteiger partial charge < -0.3 is 52.5 Å². The van der Waals surface area contributed by atoms with Crippen LogP contribution >= 0.6 is 0 Å². The fourth-order valence-corrected chi connectivity index (χ4v) is 7.46. The largest absolute Gasteiger partial charge is 0.497 e. The molecule has 14 nitrogen and oxygen atoms in total. The average Bonchev–Trinajstić information content (AvgIpc) is 3.22. The Balaban J connectivity index is 1.57. The third kappa shape index (κ3) is 11.3. The fourth-order valence-electron chi connectivity index (χ4n) is 7.46. The molecule has 0 spiro atoms. The van der Waals surface area contributed by atoms with Crippen LogP contribution in [0, 0.1) is 11.8 Å². The second-order valence-corrected chi connectivity index (χ2v) is 14.6. The summed E-state index contributed by atoms with van der Waals surface area (Å²) in [4.78, 5) is 38.9. The van der Waals surface area contributed by atoms with Gasteiger partial charge in [0, 0.05) is 25.7 Å². The van der Waals surface area contributed by atoms with Crippen LogP contribution in [0.15, 0.2) is 84.9 Å². The number of aliphatic hydroxyl groups excluding tert-OH is 1. The third-order valence-corrected chi connectivity index (χ3v) is 10.5. The lowest BCUT2D eigenvalue weighted by Gasteiger charge is -2.51. The Bertz CT molecular complexity index is 1740. The van der Waals surface area contributed by atoms with E-state index in [1.165, 1.54) is 21.0 Å². The minimum absolute atomic E-state index is 0.0402. The number of carbonyl (C=O) groups is 3. The molecule has 2 saturated heterocycles. The smallest absolute Gasteiger partial charge is 0.366 e. The van der Waals surface area contributed by atoms with Crippen molar-refractivity contribution in [1.82, 2.24) is 0 Å². The molecule has 0 bridgehead atoms. The van der Waals surface area contributed by atoms with E-state index in [-0.39, 0.29) is 26.2 Å². The number of carbonyl (C=O) groups excluding carboxylic acids is 3. The zero-order valence-electron chi connectivity index (χ0n) is 34.1. The minimum atomic E-state index is -2.27. The molecule has 3 aromatic rings. The van der Waals surface area contributed by atoms with Crippen molar-refractivity contribution in [3.63, 3.8) is 0 Å². The Morgan fingerprint density at radius 1 is 0.862 bits per heavy atom. The fraction of sp³-hybridized carbons (Fsp3) is 0.523. The van der Waals surface area contributed by atoms with Crippen LogP contribution < -0.4 is 9.47 Å². The Morgan fingerprint density at radius 2 is 1.48 bits per heavy atom. The second-order valence-electron chi connectivity index (χ2n) is 14.6. The first kappa shape index (κ1) is 44.5. The van der Waals surface area contributed by atoms with Gasteiger partial charge in [-0.3, -0.25) is 9.59 Å². The number of esters is 3. The highest BCUT2D eigenvalue weighted by Crippen LogP contribution is 2.43. The lowest BCUT2D eigenvalue weighted by molar-refractivity contribution is -0.369. The van der Waals surface area contributed by atoms with Gasteiger partial charge in [-0.25, -0.2) is 4.79 Å². The van der Waals surface area contributed by atoms with Crippen molar-refractivity contribution >= 4 is 17.9 Å². The molecule has 3 aromatic carbocycles. The van der Waals surface area contributed by atoms with Gasteiger partial charge >= 0.3 is 17.9 Å². The summed E-state index contributed by atoms with van der Waals surface area (Å²) >= 11 is 0. The third-order valence-electron chi connectivity index (χ3n) is 10.5. The lowest BCUT2D eigenvalue weighted by atomic mass is 9.80. The first-order valence-electron chi connectivity index (χ1n) is 19.6. The highest BCUT2D eigenvalue weighted by molar-refractivity contribution is 5.78. The van der Waals surface area contributed by atoms with Gasteiger partial charge in [0.2, 0.25) is 6.29 Å². The molecule has 1 N–H and O–H groups in total. The highest BCUT2D eigenvalue weighted by Gasteiger charge is 2.60. The lowest BCUT2D eigenvalue weighted by Crippen LogP contribution is -2.67. The van der Waals surface area contributed by atoms with Crippen LogP contribution in [-0.4, -0.2) is 98.6 Å². The molecule has 3 unspecified atom stereocenters. The number of benzene rings is 3. The number of hydrogen-bond donors (Lipinski definition) is 1. The molecular weight excluding hydrogens is 752 g/mol. The minimum Gasteiger partial charge on any atom is -0.497 e. The van der Waals surface area contributed by atoms with Crippen molar-refractivity contribution in [2.45, 2.75) is 115 Å². The van der Waals surface area contributed by atoms with Gasteiger partial charge in [-0.15, -0.1) is 0 Å². The maximum absolute atomic E-state index is 14.2. The van der Waals surface area contributed by atoms with Crippen molar-refractivity contribution in [1.29, 1.82) is 0 Å². The number of aliphatic hydroxyl groups is 1. The van der Waals surface area contributed by atoms with Gasteiger partial charge in [0.15, 0.2) is 0 Å². The summed E-state index contributed by atoms with van der Waals surface area (Å²) in [5, 5.41) is 12.3. The molecule has 58 heavy (non-hydrogen) atoms. The van der Waals surface area contributed by atoms with Crippen LogP contribution in [0.3, 0.4) is 0 Å². The molecule has 2 aliphatic rings. The number of rotatable bonds is 18. The van der Waals surface area contributed by atoms with Crippen LogP contribution in [0.25, 0.3) is 0 Å². The molecule has 2 aliphatic heterocycles. The Hall–Kier alpha value is -4.57. The van der Waals surface area contributed by atoms with Crippen LogP contribution in [0.5, 0.6) is 11.5 Å². The zero-order valence-corrected chi connectivity index (χ0v) is 34.1. The van der Waals surface area contributed by atoms with Gasteiger partial charge in [0.05, 0.1) is 46.6 Å². The van der Waals surface area contributed by atoms with E-state index in [4.69, 9.17) is 47.4 Å². The van der Waals surface area contributed by atoms with Crippen LogP contribution in [0.4, 0.5) is 0 Å². The van der Waals surface area contributed by atoms with Crippen LogP contribution in [0.1, 0.15) is 58.6 Å². The summed E-state index contributed by atoms with van der Waals surface area (Å²) in [6.45, 7) is 8.24. The van der Waals surface area contributed by atoms with Gasteiger partial charge in [-0.1, -0.05) is 81.4 Å². The van der Waals surface area contributed by atoms with Crippen molar-refractivity contribution < 1.29 is 66.9 Å². The SMILES string of the molecule is CC[C@@H](OC(C)=O)[C@@H](C)[C@@H]1O[C@@](O[C@@H]2C(OCc3ccccc3)[C@H](Oc3ccc(OC)cc3)OC(COCc3ccccc3)[C@@H]2O)(C(=O)OC)CC(OC(C)=O)[C@H]1C. The van der Waals surface area contributed by atoms with Gasteiger partial charge in [-0.2, -0.15) is 0 Å². The monoisotopic (exact) mass is 808 g/mol. The first-order valence-corrected chi connectivity index (χ1v) is 19.6. The summed E-state index contributed by atoms with van der Waals surface area (Å²) < 4.78 is 61.2. The molecule has 0 aromatic heterocycles. The molecule has 5 rings (SSSR count). The Labute approximate surface area is 339 Å². The van der Waals surface area contributed by atoms with E-state index in [1.54, 1.807) is 31.4 Å². The quantitative estimate of drug-likeness (QED) is 0.126. The highest BCUT2D eigenvalue weighted by atomic mass is 16.8. The van der Waals surface area contributed by atoms with E-state index < -0.39 is 84.5 Å². The average molecular weight is 809 g/mol. The molecular formula is C44H56O14. The van der Waals surface area contributed by atoms with E-state index >= 15 is 0 Å². The second kappa shape index (κ2) is 20.9. The zero-order chi connectivity index (χ0) is 41.8. The molecule has 0 amide bonds. The molecule has 2 fully saturated rings. The van der Waals surface area contributed by atoms with Gasteiger partial charge in [-0.05, 0) is 41.8 Å². The summed E-state index contributed by atoms with van der Waals surface area (Å²) in [6, 6.07) is 25.7. The van der Waals surface area contributed by atoms with Gasteiger partial charge in [0.1, 0.15) is 48.1 Å². The van der Waals surface area contributed by atoms with E-state index in [2.05, 4.69) is 0 Å². The maximum atomic E-state index is 14.2. The Morgan fingerprint density at radius 3 is 2.05 bits per heavy atom. The van der Waals surface area contributed by atoms with E-state index in [1.807, 2.05) is 81.4 Å². The van der Waals surface area contributed by atoms with Gasteiger partial charge in [0.25, 0.3) is 5.79 Å². The first-order chi connectivity index (χ1) is 27.9. The summed E-state index contributed by atoms with van der Waals surface area (Å²) in [5.41, 5.74) is 1.71. The molecule has 0 saturated carbocycles. The number of ether oxygens (including phenoxy) is 10.